The van der Waals surface area contributed by atoms with E-state index in [0.717, 1.165) is 5.56 Å². The molecule has 0 atom stereocenters. The number of halogens is 2. The van der Waals surface area contributed by atoms with Gasteiger partial charge in [-0.3, -0.25) is 4.72 Å². The second-order valence-corrected chi connectivity index (χ2v) is 7.70. The summed E-state index contributed by atoms with van der Waals surface area (Å²) in [5, 5.41) is 2.90. The van der Waals surface area contributed by atoms with Gasteiger partial charge in [-0.25, -0.2) is 8.42 Å². The first-order valence-corrected chi connectivity index (χ1v) is 9.12. The van der Waals surface area contributed by atoms with E-state index in [9.17, 15) is 8.42 Å². The largest absolute Gasteiger partial charge is 0.451 e. The summed E-state index contributed by atoms with van der Waals surface area (Å²) in [5.41, 5.74) is 1.51. The van der Waals surface area contributed by atoms with Crippen LogP contribution in [0.25, 0.3) is 0 Å². The predicted molar refractivity (Wildman–Crippen MR) is 88.9 cm³/mol. The van der Waals surface area contributed by atoms with E-state index in [1.54, 1.807) is 13.1 Å². The maximum Gasteiger partial charge on any atom is 0.266 e. The van der Waals surface area contributed by atoms with Gasteiger partial charge < -0.3 is 9.73 Å². The van der Waals surface area contributed by atoms with E-state index in [-0.39, 0.29) is 9.56 Å². The molecule has 0 bridgehead atoms. The zero-order valence-electron chi connectivity index (χ0n) is 11.4. The van der Waals surface area contributed by atoms with Gasteiger partial charge in [0.25, 0.3) is 10.0 Å². The maximum absolute atomic E-state index is 12.4. The summed E-state index contributed by atoms with van der Waals surface area (Å²) in [6, 6.07) is 6.87. The smallest absolute Gasteiger partial charge is 0.266 e. The molecule has 0 fully saturated rings. The van der Waals surface area contributed by atoms with Crippen molar-refractivity contribution in [1.29, 1.82) is 0 Å². The van der Waals surface area contributed by atoms with Crippen LogP contribution in [0.15, 0.2) is 42.7 Å². The van der Waals surface area contributed by atoms with Crippen LogP contribution in [-0.4, -0.2) is 15.5 Å². The Morgan fingerprint density at radius 3 is 2.57 bits per heavy atom. The van der Waals surface area contributed by atoms with Gasteiger partial charge in [0.15, 0.2) is 4.67 Å². The molecule has 5 nitrogen and oxygen atoms in total. The third kappa shape index (κ3) is 3.88. The van der Waals surface area contributed by atoms with Crippen LogP contribution in [0.5, 0.6) is 0 Å². The van der Waals surface area contributed by atoms with Crippen LogP contribution in [0.3, 0.4) is 0 Å². The second-order valence-electron chi connectivity index (χ2n) is 4.47. The highest BCUT2D eigenvalue weighted by Crippen LogP contribution is 2.30. The molecular weight excluding hydrogens is 424 g/mol. The monoisotopic (exact) mass is 436 g/mol. The molecule has 0 saturated heterocycles. The second kappa shape index (κ2) is 6.51. The molecule has 0 aliphatic heterocycles. The molecule has 2 rings (SSSR count). The number of anilines is 1. The van der Waals surface area contributed by atoms with Crippen LogP contribution in [0.2, 0.25) is 0 Å². The summed E-state index contributed by atoms with van der Waals surface area (Å²) in [6.07, 6.45) is 0. The molecular formula is C13H14Br2N2O3S. The van der Waals surface area contributed by atoms with Crippen molar-refractivity contribution in [2.45, 2.75) is 18.4 Å². The fraction of sp³-hybridized carbons (Fsp3) is 0.231. The lowest BCUT2D eigenvalue weighted by molar-refractivity contribution is 0.470. The topological polar surface area (TPSA) is 71.3 Å². The molecule has 0 amide bonds. The number of hydrogen-bond acceptors (Lipinski definition) is 4. The van der Waals surface area contributed by atoms with Gasteiger partial charge in [0.1, 0.15) is 10.7 Å². The molecule has 0 unspecified atom stereocenters. The summed E-state index contributed by atoms with van der Waals surface area (Å²) in [7, 11) is -1.97. The van der Waals surface area contributed by atoms with E-state index in [4.69, 9.17) is 4.42 Å². The van der Waals surface area contributed by atoms with Crippen LogP contribution < -0.4 is 10.0 Å². The highest BCUT2D eigenvalue weighted by Gasteiger charge is 2.23. The number of benzene rings is 1. The number of aryl methyl sites for hydroxylation is 1. The molecule has 8 heteroatoms. The molecule has 21 heavy (non-hydrogen) atoms. The van der Waals surface area contributed by atoms with Gasteiger partial charge in [0.2, 0.25) is 0 Å². The van der Waals surface area contributed by atoms with E-state index >= 15 is 0 Å². The minimum absolute atomic E-state index is 0.0697. The molecule has 0 spiro atoms. The van der Waals surface area contributed by atoms with E-state index in [0.29, 0.717) is 22.5 Å². The number of furan rings is 1. The molecule has 0 aliphatic carbocycles. The Morgan fingerprint density at radius 1 is 1.24 bits per heavy atom. The average molecular weight is 438 g/mol. The van der Waals surface area contributed by atoms with Crippen LogP contribution >= 0.6 is 31.9 Å². The zero-order chi connectivity index (χ0) is 15.6. The predicted octanol–water partition coefficient (Wildman–Crippen LogP) is 3.63. The fourth-order valence-electron chi connectivity index (χ4n) is 1.75. The minimum Gasteiger partial charge on any atom is -0.451 e. The van der Waals surface area contributed by atoms with Gasteiger partial charge in [-0.15, -0.1) is 0 Å². The Labute approximate surface area is 140 Å². The normalized spacial score (nSPS) is 11.6. The van der Waals surface area contributed by atoms with Crippen LogP contribution in [0.4, 0.5) is 5.69 Å². The third-order valence-corrected chi connectivity index (χ3v) is 5.59. The van der Waals surface area contributed by atoms with Crippen molar-refractivity contribution in [2.75, 3.05) is 11.8 Å². The zero-order valence-corrected chi connectivity index (χ0v) is 15.4. The van der Waals surface area contributed by atoms with Gasteiger partial charge in [0.05, 0.1) is 12.2 Å². The Bertz CT molecular complexity index is 757. The van der Waals surface area contributed by atoms with E-state index in [2.05, 4.69) is 41.9 Å². The third-order valence-electron chi connectivity index (χ3n) is 2.72. The van der Waals surface area contributed by atoms with Crippen LogP contribution in [0.1, 0.15) is 11.3 Å². The van der Waals surface area contributed by atoms with E-state index in [1.165, 1.54) is 6.07 Å². The molecule has 0 aliphatic rings. The molecule has 1 heterocycles. The maximum atomic E-state index is 12.4. The molecule has 2 aromatic rings. The highest BCUT2D eigenvalue weighted by atomic mass is 79.9. The quantitative estimate of drug-likeness (QED) is 0.749. The number of nitrogens with one attached hydrogen (secondary N) is 2. The van der Waals surface area contributed by atoms with Crippen molar-refractivity contribution in [1.82, 2.24) is 5.32 Å². The van der Waals surface area contributed by atoms with E-state index < -0.39 is 10.0 Å². The van der Waals surface area contributed by atoms with Crippen molar-refractivity contribution in [3.63, 3.8) is 0 Å². The van der Waals surface area contributed by atoms with Crippen molar-refractivity contribution < 1.29 is 12.8 Å². The lowest BCUT2D eigenvalue weighted by Crippen LogP contribution is -2.13. The summed E-state index contributed by atoms with van der Waals surface area (Å²) >= 11 is 6.49. The van der Waals surface area contributed by atoms with Crippen LogP contribution in [-0.2, 0) is 16.6 Å². The molecule has 0 radical (unpaired) electrons. The van der Waals surface area contributed by atoms with Crippen molar-refractivity contribution in [3.05, 3.63) is 44.7 Å². The van der Waals surface area contributed by atoms with Crippen LogP contribution in [0, 0.1) is 6.92 Å². The van der Waals surface area contributed by atoms with E-state index in [1.807, 2.05) is 19.1 Å². The first kappa shape index (κ1) is 16.5. The molecule has 0 saturated carbocycles. The summed E-state index contributed by atoms with van der Waals surface area (Å²) < 4.78 is 33.6. The first-order chi connectivity index (χ1) is 9.83. The SMILES string of the molecule is CNCc1cc(S(=O)(=O)Nc2ccc(C)cc2Br)c(Br)o1. The van der Waals surface area contributed by atoms with Gasteiger partial charge in [-0.05, 0) is 63.5 Å². The summed E-state index contributed by atoms with van der Waals surface area (Å²) in [6.45, 7) is 2.38. The number of sulfonamides is 1. The first-order valence-electron chi connectivity index (χ1n) is 6.05. The van der Waals surface area contributed by atoms with Gasteiger partial charge in [-0.2, -0.15) is 0 Å². The Morgan fingerprint density at radius 2 is 1.95 bits per heavy atom. The number of hydrogen-bond donors (Lipinski definition) is 2. The average Bonchev–Trinajstić information content (AvgIpc) is 2.75. The van der Waals surface area contributed by atoms with Crippen molar-refractivity contribution in [3.8, 4) is 0 Å². The Hall–Kier alpha value is -0.830. The van der Waals surface area contributed by atoms with Crippen molar-refractivity contribution >= 4 is 47.6 Å². The standard InChI is InChI=1S/C13H14Br2N2O3S/c1-8-3-4-11(10(14)5-8)17-21(18,19)12-6-9(7-16-2)20-13(12)15/h3-6,16-17H,7H2,1-2H3. The Kier molecular flexibility index (Phi) is 5.13. The lowest BCUT2D eigenvalue weighted by atomic mass is 10.2. The summed E-state index contributed by atoms with van der Waals surface area (Å²) in [4.78, 5) is 0.0697. The van der Waals surface area contributed by atoms with Gasteiger partial charge in [0, 0.05) is 10.5 Å². The number of rotatable bonds is 5. The van der Waals surface area contributed by atoms with Gasteiger partial charge >= 0.3 is 0 Å². The Balaban J connectivity index is 2.34. The molecule has 114 valence electrons. The highest BCUT2D eigenvalue weighted by molar-refractivity contribution is 9.10. The molecule has 1 aromatic heterocycles. The lowest BCUT2D eigenvalue weighted by Gasteiger charge is -2.09. The molecule has 2 N–H and O–H groups in total. The van der Waals surface area contributed by atoms with Crippen molar-refractivity contribution in [2.24, 2.45) is 0 Å². The molecule has 1 aromatic carbocycles. The fourth-order valence-corrected chi connectivity index (χ4v) is 4.55. The minimum atomic E-state index is -3.73. The van der Waals surface area contributed by atoms with Gasteiger partial charge in [-0.1, -0.05) is 6.07 Å². The summed E-state index contributed by atoms with van der Waals surface area (Å²) in [5.74, 6) is 0.535.